The van der Waals surface area contributed by atoms with Crippen molar-refractivity contribution in [2.45, 2.75) is 0 Å². The molecule has 1 aromatic heterocycles. The molecule has 0 aliphatic rings. The second-order valence-corrected chi connectivity index (χ2v) is 6.65. The van der Waals surface area contributed by atoms with E-state index in [1.807, 2.05) is 18.2 Å². The van der Waals surface area contributed by atoms with Gasteiger partial charge in [0.25, 0.3) is 5.91 Å². The average Bonchev–Trinajstić information content (AvgIpc) is 3.05. The molecule has 4 rings (SSSR count). The predicted octanol–water partition coefficient (Wildman–Crippen LogP) is 5.62. The van der Waals surface area contributed by atoms with Crippen molar-refractivity contribution in [3.8, 4) is 11.5 Å². The monoisotopic (exact) mass is 382 g/mol. The van der Waals surface area contributed by atoms with Crippen molar-refractivity contribution in [3.05, 3.63) is 83.9 Å². The van der Waals surface area contributed by atoms with Crippen molar-refractivity contribution < 1.29 is 18.3 Å². The van der Waals surface area contributed by atoms with Crippen LogP contribution < -0.4 is 10.1 Å². The summed E-state index contributed by atoms with van der Waals surface area (Å²) in [5.41, 5.74) is 0.317. The first kappa shape index (κ1) is 17.1. The Morgan fingerprint density at radius 1 is 1.00 bits per heavy atom. The fraction of sp³-hybridized carbons (Fsp3) is 0. The van der Waals surface area contributed by atoms with E-state index in [2.05, 4.69) is 10.3 Å². The van der Waals surface area contributed by atoms with E-state index in [4.69, 9.17) is 4.74 Å². The molecule has 3 aromatic carbocycles. The summed E-state index contributed by atoms with van der Waals surface area (Å²) in [5.74, 6) is -0.950. The van der Waals surface area contributed by atoms with Crippen LogP contribution in [0.2, 0.25) is 0 Å². The minimum atomic E-state index is -0.769. The lowest BCUT2D eigenvalue weighted by Gasteiger charge is -2.10. The van der Waals surface area contributed by atoms with Gasteiger partial charge in [-0.3, -0.25) is 10.1 Å². The molecule has 0 aliphatic heterocycles. The predicted molar refractivity (Wildman–Crippen MR) is 100 cm³/mol. The average molecular weight is 382 g/mol. The molecule has 0 atom stereocenters. The number of hydrogen-bond donors (Lipinski definition) is 1. The molecule has 0 saturated heterocycles. The lowest BCUT2D eigenvalue weighted by molar-refractivity contribution is 0.102. The third-order valence-corrected chi connectivity index (χ3v) is 4.65. The second-order valence-electron chi connectivity index (χ2n) is 5.62. The molecular formula is C20H12F2N2O2S. The van der Waals surface area contributed by atoms with Crippen LogP contribution in [0.3, 0.4) is 0 Å². The molecule has 0 radical (unpaired) electrons. The van der Waals surface area contributed by atoms with Crippen molar-refractivity contribution in [2.75, 3.05) is 5.32 Å². The van der Waals surface area contributed by atoms with Gasteiger partial charge in [-0.1, -0.05) is 41.7 Å². The minimum absolute atomic E-state index is 0.0190. The van der Waals surface area contributed by atoms with E-state index in [0.717, 1.165) is 17.4 Å². The fourth-order valence-corrected chi connectivity index (χ4v) is 3.43. The quantitative estimate of drug-likeness (QED) is 0.498. The van der Waals surface area contributed by atoms with Gasteiger partial charge in [-0.2, -0.15) is 0 Å². The normalized spacial score (nSPS) is 10.7. The minimum Gasteiger partial charge on any atom is -0.457 e. The molecule has 0 unspecified atom stereocenters. The molecule has 4 aromatic rings. The number of hydrogen-bond acceptors (Lipinski definition) is 4. The van der Waals surface area contributed by atoms with Gasteiger partial charge in [0.05, 0.1) is 10.3 Å². The van der Waals surface area contributed by atoms with E-state index < -0.39 is 17.5 Å². The number of benzene rings is 3. The van der Waals surface area contributed by atoms with Crippen LogP contribution in [0.1, 0.15) is 10.4 Å². The Bertz CT molecular complexity index is 1130. The van der Waals surface area contributed by atoms with Crippen LogP contribution in [0.25, 0.3) is 10.2 Å². The van der Waals surface area contributed by atoms with Crippen LogP contribution in [0.4, 0.5) is 13.9 Å². The SMILES string of the molecule is O=C(Nc1nc2c(F)cc(F)cc2s1)c1ccccc1Oc1ccccc1. The summed E-state index contributed by atoms with van der Waals surface area (Å²) in [6, 6.07) is 17.8. The zero-order valence-corrected chi connectivity index (χ0v) is 14.6. The number of rotatable bonds is 4. The van der Waals surface area contributed by atoms with Gasteiger partial charge in [0.2, 0.25) is 0 Å². The van der Waals surface area contributed by atoms with Crippen LogP contribution in [0.5, 0.6) is 11.5 Å². The summed E-state index contributed by atoms with van der Waals surface area (Å²) in [4.78, 5) is 16.7. The summed E-state index contributed by atoms with van der Waals surface area (Å²) in [6.45, 7) is 0. The molecule has 0 spiro atoms. The molecule has 7 heteroatoms. The summed E-state index contributed by atoms with van der Waals surface area (Å²) in [7, 11) is 0. The maximum absolute atomic E-state index is 13.8. The number of para-hydroxylation sites is 2. The number of fused-ring (bicyclic) bond motifs is 1. The van der Waals surface area contributed by atoms with Gasteiger partial charge in [0, 0.05) is 6.07 Å². The van der Waals surface area contributed by atoms with E-state index in [0.29, 0.717) is 21.8 Å². The number of ether oxygens (including phenoxy) is 1. The number of nitrogens with zero attached hydrogens (tertiary/aromatic N) is 1. The Morgan fingerprint density at radius 3 is 2.56 bits per heavy atom. The zero-order valence-electron chi connectivity index (χ0n) is 13.8. The third-order valence-electron chi connectivity index (χ3n) is 3.74. The van der Waals surface area contributed by atoms with Crippen LogP contribution in [-0.2, 0) is 0 Å². The standard InChI is InChI=1S/C20H12F2N2O2S/c21-12-10-15(22)18-17(11-12)27-20(23-18)24-19(25)14-8-4-5-9-16(14)26-13-6-2-1-3-7-13/h1-11H,(H,23,24,25). The summed E-state index contributed by atoms with van der Waals surface area (Å²) < 4.78 is 33.2. The molecular weight excluding hydrogens is 370 g/mol. The Balaban J connectivity index is 1.61. The number of carbonyl (C=O) groups excluding carboxylic acids is 1. The number of anilines is 1. The van der Waals surface area contributed by atoms with Gasteiger partial charge in [-0.25, -0.2) is 13.8 Å². The van der Waals surface area contributed by atoms with Crippen molar-refractivity contribution in [3.63, 3.8) is 0 Å². The Hall–Kier alpha value is -3.32. The number of carbonyl (C=O) groups is 1. The second kappa shape index (κ2) is 7.13. The zero-order chi connectivity index (χ0) is 18.8. The summed E-state index contributed by atoms with van der Waals surface area (Å²) in [5, 5.41) is 2.79. The molecule has 1 amide bonds. The van der Waals surface area contributed by atoms with Gasteiger partial charge < -0.3 is 4.74 Å². The lowest BCUT2D eigenvalue weighted by Crippen LogP contribution is -2.12. The highest BCUT2D eigenvalue weighted by molar-refractivity contribution is 7.22. The first-order chi connectivity index (χ1) is 13.1. The molecule has 0 bridgehead atoms. The summed E-state index contributed by atoms with van der Waals surface area (Å²) >= 11 is 0.995. The van der Waals surface area contributed by atoms with Crippen molar-refractivity contribution in [1.82, 2.24) is 4.98 Å². The molecule has 1 heterocycles. The molecule has 0 saturated carbocycles. The first-order valence-corrected chi connectivity index (χ1v) is 8.81. The number of aromatic nitrogens is 1. The van der Waals surface area contributed by atoms with E-state index in [9.17, 15) is 13.6 Å². The van der Waals surface area contributed by atoms with Crippen molar-refractivity contribution in [1.29, 1.82) is 0 Å². The van der Waals surface area contributed by atoms with E-state index in [1.165, 1.54) is 6.07 Å². The van der Waals surface area contributed by atoms with E-state index in [-0.39, 0.29) is 10.6 Å². The fourth-order valence-electron chi connectivity index (χ4n) is 2.53. The highest BCUT2D eigenvalue weighted by Crippen LogP contribution is 2.30. The van der Waals surface area contributed by atoms with Crippen LogP contribution in [0, 0.1) is 11.6 Å². The Morgan fingerprint density at radius 2 is 1.74 bits per heavy atom. The topological polar surface area (TPSA) is 51.2 Å². The molecule has 0 aliphatic carbocycles. The Kier molecular flexibility index (Phi) is 4.52. The van der Waals surface area contributed by atoms with Crippen LogP contribution >= 0.6 is 11.3 Å². The van der Waals surface area contributed by atoms with Gasteiger partial charge in [-0.05, 0) is 30.3 Å². The maximum Gasteiger partial charge on any atom is 0.261 e. The van der Waals surface area contributed by atoms with Gasteiger partial charge in [0.15, 0.2) is 10.9 Å². The van der Waals surface area contributed by atoms with E-state index in [1.54, 1.807) is 36.4 Å². The number of amides is 1. The smallest absolute Gasteiger partial charge is 0.261 e. The maximum atomic E-state index is 13.8. The molecule has 4 nitrogen and oxygen atoms in total. The van der Waals surface area contributed by atoms with Gasteiger partial charge in [-0.15, -0.1) is 0 Å². The lowest BCUT2D eigenvalue weighted by atomic mass is 10.2. The third kappa shape index (κ3) is 3.63. The van der Waals surface area contributed by atoms with Crippen molar-refractivity contribution >= 4 is 32.6 Å². The van der Waals surface area contributed by atoms with Crippen LogP contribution in [-0.4, -0.2) is 10.9 Å². The van der Waals surface area contributed by atoms with Gasteiger partial charge in [0.1, 0.15) is 22.8 Å². The first-order valence-electron chi connectivity index (χ1n) is 7.99. The summed E-state index contributed by atoms with van der Waals surface area (Å²) in [6.07, 6.45) is 0. The molecule has 1 N–H and O–H groups in total. The number of thiazole rings is 1. The largest absolute Gasteiger partial charge is 0.457 e. The number of nitrogens with one attached hydrogen (secondary N) is 1. The van der Waals surface area contributed by atoms with E-state index >= 15 is 0 Å². The highest BCUT2D eigenvalue weighted by atomic mass is 32.1. The van der Waals surface area contributed by atoms with Crippen LogP contribution in [0.15, 0.2) is 66.7 Å². The van der Waals surface area contributed by atoms with Gasteiger partial charge >= 0.3 is 0 Å². The molecule has 0 fully saturated rings. The Labute approximate surface area is 157 Å². The molecule has 27 heavy (non-hydrogen) atoms. The highest BCUT2D eigenvalue weighted by Gasteiger charge is 2.16. The number of halogens is 2. The molecule has 134 valence electrons. The van der Waals surface area contributed by atoms with Crippen molar-refractivity contribution in [2.24, 2.45) is 0 Å².